The molecule has 1 aromatic heterocycles. The second-order valence-corrected chi connectivity index (χ2v) is 11.1. The van der Waals surface area contributed by atoms with Crippen molar-refractivity contribution in [2.45, 2.75) is 77.1 Å². The number of rotatable bonds is 5. The summed E-state index contributed by atoms with van der Waals surface area (Å²) in [5.74, 6) is 0.653. The van der Waals surface area contributed by atoms with E-state index in [1.807, 2.05) is 4.90 Å². The Morgan fingerprint density at radius 3 is 2.57 bits per heavy atom. The van der Waals surface area contributed by atoms with Gasteiger partial charge in [-0.1, -0.05) is 0 Å². The highest BCUT2D eigenvalue weighted by Gasteiger charge is 2.50. The van der Waals surface area contributed by atoms with Crippen molar-refractivity contribution in [2.24, 2.45) is 11.8 Å². The predicted molar refractivity (Wildman–Crippen MR) is 128 cm³/mol. The van der Waals surface area contributed by atoms with E-state index in [1.165, 1.54) is 12.1 Å². The second-order valence-electron chi connectivity index (χ2n) is 11.1. The van der Waals surface area contributed by atoms with Crippen molar-refractivity contribution in [3.05, 3.63) is 29.5 Å². The quantitative estimate of drug-likeness (QED) is 0.599. The van der Waals surface area contributed by atoms with Crippen LogP contribution in [0.2, 0.25) is 0 Å². The van der Waals surface area contributed by atoms with E-state index in [9.17, 15) is 19.5 Å². The number of benzene rings is 1. The van der Waals surface area contributed by atoms with Gasteiger partial charge in [-0.15, -0.1) is 0 Å². The van der Waals surface area contributed by atoms with E-state index in [-0.39, 0.29) is 41.5 Å². The highest BCUT2D eigenvalue weighted by molar-refractivity contribution is 6.07. The molecule has 3 amide bonds. The molecule has 9 nitrogen and oxygen atoms in total. The molecule has 35 heavy (non-hydrogen) atoms. The Morgan fingerprint density at radius 2 is 1.94 bits per heavy atom. The zero-order chi connectivity index (χ0) is 25.1. The summed E-state index contributed by atoms with van der Waals surface area (Å²) in [6, 6.07) is 4.18. The second kappa shape index (κ2) is 8.46. The molecule has 4 atom stereocenters. The number of alkyl carbamates (subject to hydrolysis) is 1. The smallest absolute Gasteiger partial charge is 0.408 e. The van der Waals surface area contributed by atoms with Gasteiger partial charge in [0.25, 0.3) is 5.91 Å². The molecular weight excluding hydrogens is 450 g/mol. The molecule has 9 heteroatoms. The Kier molecular flexibility index (Phi) is 5.68. The molecule has 2 saturated carbocycles. The lowest BCUT2D eigenvalue weighted by molar-refractivity contribution is -0.135. The molecular formula is C26H33N3O6. The molecule has 2 bridgehead atoms. The van der Waals surface area contributed by atoms with Gasteiger partial charge >= 0.3 is 6.09 Å². The van der Waals surface area contributed by atoms with E-state index >= 15 is 0 Å². The summed E-state index contributed by atoms with van der Waals surface area (Å²) in [6.45, 7) is 7.69. The van der Waals surface area contributed by atoms with Crippen LogP contribution in [0.3, 0.4) is 0 Å². The average molecular weight is 484 g/mol. The number of amides is 3. The molecule has 0 radical (unpaired) electrons. The predicted octanol–water partition coefficient (Wildman–Crippen LogP) is 3.47. The number of hydrogen-bond acceptors (Lipinski definition) is 6. The van der Waals surface area contributed by atoms with Crippen LogP contribution in [0.1, 0.15) is 62.6 Å². The van der Waals surface area contributed by atoms with E-state index in [0.29, 0.717) is 35.3 Å². The topological polar surface area (TPSA) is 121 Å². The van der Waals surface area contributed by atoms with Crippen molar-refractivity contribution in [1.29, 1.82) is 0 Å². The zero-order valence-electron chi connectivity index (χ0n) is 20.6. The molecule has 1 aromatic carbocycles. The fourth-order valence-electron chi connectivity index (χ4n) is 5.55. The summed E-state index contributed by atoms with van der Waals surface area (Å²) in [6.07, 6.45) is 2.79. The van der Waals surface area contributed by atoms with Gasteiger partial charge in [0.15, 0.2) is 0 Å². The van der Waals surface area contributed by atoms with Crippen molar-refractivity contribution >= 4 is 28.9 Å². The van der Waals surface area contributed by atoms with Gasteiger partial charge < -0.3 is 29.8 Å². The number of furan rings is 1. The maximum Gasteiger partial charge on any atom is 0.408 e. The Hall–Kier alpha value is -3.23. The first kappa shape index (κ1) is 23.5. The van der Waals surface area contributed by atoms with Crippen LogP contribution in [0.15, 0.2) is 22.6 Å². The number of phenolic OH excluding ortho intramolecular Hbond substituents is 1. The molecule has 0 spiro atoms. The van der Waals surface area contributed by atoms with Crippen molar-refractivity contribution in [2.75, 3.05) is 6.54 Å². The number of carbonyl (C=O) groups excluding carboxylic acids is 3. The molecule has 5 rings (SSSR count). The lowest BCUT2D eigenvalue weighted by atomic mass is 10.0. The SMILES string of the molecule is Cc1oc2cc(O)ccc2c1C(=O)N[C@H]1CC2CC1CN2C(=O)[C@@H](NC(=O)OC(C)(C)C)C1CC1. The summed E-state index contributed by atoms with van der Waals surface area (Å²) in [7, 11) is 0. The number of aryl methyl sites for hydroxylation is 1. The van der Waals surface area contributed by atoms with Crippen LogP contribution in [0.5, 0.6) is 5.75 Å². The Bertz CT molecular complexity index is 1180. The minimum Gasteiger partial charge on any atom is -0.508 e. The monoisotopic (exact) mass is 483 g/mol. The minimum atomic E-state index is -0.627. The van der Waals surface area contributed by atoms with Crippen LogP contribution >= 0.6 is 0 Å². The normalized spacial score (nSPS) is 24.5. The van der Waals surface area contributed by atoms with Crippen molar-refractivity contribution in [1.82, 2.24) is 15.5 Å². The number of carbonyl (C=O) groups is 3. The number of fused-ring (bicyclic) bond motifs is 3. The lowest BCUT2D eigenvalue weighted by Gasteiger charge is -2.34. The maximum atomic E-state index is 13.4. The van der Waals surface area contributed by atoms with Gasteiger partial charge in [-0.3, -0.25) is 9.59 Å². The number of likely N-dealkylation sites (tertiary alicyclic amines) is 1. The minimum absolute atomic E-state index is 0.0313. The van der Waals surface area contributed by atoms with Gasteiger partial charge in [-0.25, -0.2) is 4.79 Å². The van der Waals surface area contributed by atoms with E-state index in [1.54, 1.807) is 33.8 Å². The molecule has 3 N–H and O–H groups in total. The van der Waals surface area contributed by atoms with Crippen LogP contribution < -0.4 is 10.6 Å². The van der Waals surface area contributed by atoms with E-state index in [4.69, 9.17) is 9.15 Å². The van der Waals surface area contributed by atoms with E-state index < -0.39 is 17.7 Å². The Morgan fingerprint density at radius 1 is 1.20 bits per heavy atom. The molecule has 2 aromatic rings. The number of nitrogens with zero attached hydrogens (tertiary/aromatic N) is 1. The van der Waals surface area contributed by atoms with Gasteiger partial charge in [-0.05, 0) is 77.3 Å². The van der Waals surface area contributed by atoms with Gasteiger partial charge in [-0.2, -0.15) is 0 Å². The summed E-state index contributed by atoms with van der Waals surface area (Å²) < 4.78 is 11.0. The summed E-state index contributed by atoms with van der Waals surface area (Å²) in [4.78, 5) is 40.7. The highest BCUT2D eigenvalue weighted by Crippen LogP contribution is 2.41. The molecule has 2 unspecified atom stereocenters. The zero-order valence-corrected chi connectivity index (χ0v) is 20.6. The number of nitrogens with one attached hydrogen (secondary N) is 2. The molecule has 2 aliphatic carbocycles. The third-order valence-corrected chi connectivity index (χ3v) is 7.25. The van der Waals surface area contributed by atoms with Crippen LogP contribution in [0, 0.1) is 18.8 Å². The van der Waals surface area contributed by atoms with E-state index in [2.05, 4.69) is 10.6 Å². The summed E-state index contributed by atoms with van der Waals surface area (Å²) in [5.41, 5.74) is 0.324. The number of ether oxygens (including phenoxy) is 1. The first-order chi connectivity index (χ1) is 16.5. The van der Waals surface area contributed by atoms with Crippen LogP contribution in [0.25, 0.3) is 11.0 Å². The van der Waals surface area contributed by atoms with Gasteiger partial charge in [0.2, 0.25) is 5.91 Å². The highest BCUT2D eigenvalue weighted by atomic mass is 16.6. The lowest BCUT2D eigenvalue weighted by Crippen LogP contribution is -2.55. The molecule has 3 fully saturated rings. The first-order valence-electron chi connectivity index (χ1n) is 12.3. The van der Waals surface area contributed by atoms with E-state index in [0.717, 1.165) is 19.3 Å². The van der Waals surface area contributed by atoms with Gasteiger partial charge in [0.1, 0.15) is 28.7 Å². The fourth-order valence-corrected chi connectivity index (χ4v) is 5.55. The van der Waals surface area contributed by atoms with Crippen LogP contribution in [-0.4, -0.2) is 58.2 Å². The van der Waals surface area contributed by atoms with Crippen LogP contribution in [0.4, 0.5) is 4.79 Å². The van der Waals surface area contributed by atoms with Crippen molar-refractivity contribution in [3.63, 3.8) is 0 Å². The third kappa shape index (κ3) is 4.68. The van der Waals surface area contributed by atoms with Crippen molar-refractivity contribution in [3.8, 4) is 5.75 Å². The number of piperidine rings is 1. The molecule has 1 aliphatic heterocycles. The molecule has 188 valence electrons. The Balaban J connectivity index is 1.22. The standard InChI is InChI=1S/C26H33N3O6/c1-13-21(18-8-7-17(30)11-20(18)34-13)23(31)27-19-10-16-9-15(19)12-29(16)24(32)22(14-5-6-14)28-25(33)35-26(2,3)4/h7-8,11,14-16,19,22,30H,5-6,9-10,12H2,1-4H3,(H,27,31)(H,28,33)/t15?,16?,19-,22-/m0/s1. The molecule has 1 saturated heterocycles. The maximum absolute atomic E-state index is 13.4. The van der Waals surface area contributed by atoms with Gasteiger partial charge in [0.05, 0.1) is 5.56 Å². The first-order valence-corrected chi connectivity index (χ1v) is 12.3. The molecule has 2 heterocycles. The number of phenols is 1. The summed E-state index contributed by atoms with van der Waals surface area (Å²) in [5, 5.41) is 16.3. The van der Waals surface area contributed by atoms with Gasteiger partial charge in [0, 0.05) is 30.1 Å². The molecule has 3 aliphatic rings. The van der Waals surface area contributed by atoms with Crippen molar-refractivity contribution < 1.29 is 28.6 Å². The average Bonchev–Trinajstić information content (AvgIpc) is 3.28. The third-order valence-electron chi connectivity index (χ3n) is 7.25. The number of aromatic hydroxyl groups is 1. The Labute approximate surface area is 204 Å². The largest absolute Gasteiger partial charge is 0.508 e. The fraction of sp³-hybridized carbons (Fsp3) is 0.577. The summed E-state index contributed by atoms with van der Waals surface area (Å²) >= 11 is 0. The van der Waals surface area contributed by atoms with Crippen LogP contribution in [-0.2, 0) is 9.53 Å². The number of hydrogen-bond donors (Lipinski definition) is 3.